The number of aryl methyl sites for hydroxylation is 1. The highest BCUT2D eigenvalue weighted by molar-refractivity contribution is 6.01. The summed E-state index contributed by atoms with van der Waals surface area (Å²) in [7, 11) is 0. The molecular formula is C14H12N2O. The van der Waals surface area contributed by atoms with Crippen LogP contribution in [0.15, 0.2) is 36.5 Å². The molecule has 1 aliphatic heterocycles. The summed E-state index contributed by atoms with van der Waals surface area (Å²) in [5.74, 6) is 0.0551. The molecule has 0 atom stereocenters. The molecule has 3 heteroatoms. The standard InChI is InChI=1S/C14H12N2O/c1-9-5-6-12(15-8-9)10-3-2-4-13-11(10)7-14(17)16-13/h2-6,8H,7H2,1H3,(H,16,17). The van der Waals surface area contributed by atoms with E-state index in [1.807, 2.05) is 43.5 Å². The molecule has 1 aromatic heterocycles. The van der Waals surface area contributed by atoms with Crippen LogP contribution in [0.25, 0.3) is 11.3 Å². The molecule has 1 aliphatic rings. The van der Waals surface area contributed by atoms with Crippen molar-refractivity contribution in [2.24, 2.45) is 0 Å². The fourth-order valence-corrected chi connectivity index (χ4v) is 2.12. The Bertz CT molecular complexity index is 588. The molecular weight excluding hydrogens is 212 g/mol. The Morgan fingerprint density at radius 1 is 1.24 bits per heavy atom. The molecule has 1 N–H and O–H groups in total. The highest BCUT2D eigenvalue weighted by Crippen LogP contribution is 2.32. The van der Waals surface area contributed by atoms with Crippen LogP contribution in [-0.4, -0.2) is 10.9 Å². The van der Waals surface area contributed by atoms with Crippen LogP contribution in [0.2, 0.25) is 0 Å². The Labute approximate surface area is 99.5 Å². The molecule has 0 unspecified atom stereocenters. The number of amides is 1. The van der Waals surface area contributed by atoms with Crippen molar-refractivity contribution in [1.29, 1.82) is 0 Å². The van der Waals surface area contributed by atoms with E-state index in [4.69, 9.17) is 0 Å². The maximum Gasteiger partial charge on any atom is 0.228 e. The lowest BCUT2D eigenvalue weighted by Crippen LogP contribution is -2.03. The third-order valence-electron chi connectivity index (χ3n) is 2.97. The fraction of sp³-hybridized carbons (Fsp3) is 0.143. The van der Waals surface area contributed by atoms with Crippen LogP contribution in [0.4, 0.5) is 5.69 Å². The van der Waals surface area contributed by atoms with E-state index in [1.165, 1.54) is 0 Å². The van der Waals surface area contributed by atoms with Gasteiger partial charge in [-0.3, -0.25) is 9.78 Å². The molecule has 2 aromatic rings. The van der Waals surface area contributed by atoms with Gasteiger partial charge >= 0.3 is 0 Å². The molecule has 1 amide bonds. The Kier molecular flexibility index (Phi) is 2.18. The van der Waals surface area contributed by atoms with Gasteiger partial charge in [0.2, 0.25) is 5.91 Å². The number of carbonyl (C=O) groups excluding carboxylic acids is 1. The number of anilines is 1. The third kappa shape index (κ3) is 1.69. The number of carbonyl (C=O) groups is 1. The summed E-state index contributed by atoms with van der Waals surface area (Å²) < 4.78 is 0. The molecule has 17 heavy (non-hydrogen) atoms. The number of pyridine rings is 1. The van der Waals surface area contributed by atoms with E-state index in [9.17, 15) is 4.79 Å². The van der Waals surface area contributed by atoms with Gasteiger partial charge in [-0.15, -0.1) is 0 Å². The van der Waals surface area contributed by atoms with Gasteiger partial charge in [0, 0.05) is 17.4 Å². The van der Waals surface area contributed by atoms with Crippen LogP contribution in [-0.2, 0) is 11.2 Å². The molecule has 1 aromatic carbocycles. The SMILES string of the molecule is Cc1ccc(-c2cccc3c2CC(=O)N3)nc1. The molecule has 0 bridgehead atoms. The zero-order chi connectivity index (χ0) is 11.8. The predicted octanol–water partition coefficient (Wildman–Crippen LogP) is 2.55. The number of aromatic nitrogens is 1. The first kappa shape index (κ1) is 10.0. The van der Waals surface area contributed by atoms with Crippen LogP contribution in [0.5, 0.6) is 0 Å². The topological polar surface area (TPSA) is 42.0 Å². The highest BCUT2D eigenvalue weighted by Gasteiger charge is 2.21. The Hall–Kier alpha value is -2.16. The zero-order valence-electron chi connectivity index (χ0n) is 9.53. The van der Waals surface area contributed by atoms with Crippen molar-refractivity contribution in [3.63, 3.8) is 0 Å². The number of benzene rings is 1. The molecule has 2 heterocycles. The Balaban J connectivity index is 2.13. The average molecular weight is 224 g/mol. The lowest BCUT2D eigenvalue weighted by molar-refractivity contribution is -0.115. The average Bonchev–Trinajstić information content (AvgIpc) is 2.70. The number of hydrogen-bond acceptors (Lipinski definition) is 2. The highest BCUT2D eigenvalue weighted by atomic mass is 16.1. The molecule has 3 rings (SSSR count). The summed E-state index contributed by atoms with van der Waals surface area (Å²) in [6.07, 6.45) is 2.29. The van der Waals surface area contributed by atoms with Crippen LogP contribution >= 0.6 is 0 Å². The number of fused-ring (bicyclic) bond motifs is 1. The van der Waals surface area contributed by atoms with E-state index >= 15 is 0 Å². The predicted molar refractivity (Wildman–Crippen MR) is 66.7 cm³/mol. The monoisotopic (exact) mass is 224 g/mol. The molecule has 0 radical (unpaired) electrons. The maximum atomic E-state index is 11.4. The van der Waals surface area contributed by atoms with Gasteiger partial charge in [0.15, 0.2) is 0 Å². The number of nitrogens with zero attached hydrogens (tertiary/aromatic N) is 1. The first-order chi connectivity index (χ1) is 8.24. The van der Waals surface area contributed by atoms with E-state index in [0.29, 0.717) is 6.42 Å². The van der Waals surface area contributed by atoms with Gasteiger partial charge in [-0.25, -0.2) is 0 Å². The van der Waals surface area contributed by atoms with Crippen molar-refractivity contribution >= 4 is 11.6 Å². The second-order valence-electron chi connectivity index (χ2n) is 4.28. The summed E-state index contributed by atoms with van der Waals surface area (Å²) in [5, 5.41) is 2.85. The van der Waals surface area contributed by atoms with Crippen LogP contribution < -0.4 is 5.32 Å². The summed E-state index contributed by atoms with van der Waals surface area (Å²) in [4.78, 5) is 15.8. The molecule has 84 valence electrons. The van der Waals surface area contributed by atoms with Crippen molar-refractivity contribution in [1.82, 2.24) is 4.98 Å². The molecule has 0 saturated heterocycles. The second kappa shape index (κ2) is 3.70. The van der Waals surface area contributed by atoms with Crippen LogP contribution in [0.1, 0.15) is 11.1 Å². The van der Waals surface area contributed by atoms with E-state index in [-0.39, 0.29) is 5.91 Å². The lowest BCUT2D eigenvalue weighted by Gasteiger charge is -2.06. The minimum absolute atomic E-state index is 0.0551. The van der Waals surface area contributed by atoms with Gasteiger partial charge in [0.05, 0.1) is 12.1 Å². The van der Waals surface area contributed by atoms with Gasteiger partial charge in [0.1, 0.15) is 0 Å². The van der Waals surface area contributed by atoms with Gasteiger partial charge in [0.25, 0.3) is 0 Å². The molecule has 0 saturated carbocycles. The van der Waals surface area contributed by atoms with Crippen molar-refractivity contribution < 1.29 is 4.79 Å². The van der Waals surface area contributed by atoms with Crippen molar-refractivity contribution in [2.45, 2.75) is 13.3 Å². The number of nitrogens with one attached hydrogen (secondary N) is 1. The quantitative estimate of drug-likeness (QED) is 0.808. The Morgan fingerprint density at radius 3 is 2.88 bits per heavy atom. The summed E-state index contributed by atoms with van der Waals surface area (Å²) >= 11 is 0. The fourth-order valence-electron chi connectivity index (χ4n) is 2.12. The normalized spacial score (nSPS) is 13.4. The van der Waals surface area contributed by atoms with Crippen LogP contribution in [0, 0.1) is 6.92 Å². The van der Waals surface area contributed by atoms with Crippen LogP contribution in [0.3, 0.4) is 0 Å². The third-order valence-corrected chi connectivity index (χ3v) is 2.97. The van der Waals surface area contributed by atoms with Crippen molar-refractivity contribution in [3.05, 3.63) is 47.7 Å². The van der Waals surface area contributed by atoms with Crippen molar-refractivity contribution in [3.8, 4) is 11.3 Å². The van der Waals surface area contributed by atoms with Crippen molar-refractivity contribution in [2.75, 3.05) is 5.32 Å². The first-order valence-corrected chi connectivity index (χ1v) is 5.59. The minimum Gasteiger partial charge on any atom is -0.326 e. The van der Waals surface area contributed by atoms with E-state index in [2.05, 4.69) is 10.3 Å². The largest absolute Gasteiger partial charge is 0.326 e. The Morgan fingerprint density at radius 2 is 2.12 bits per heavy atom. The summed E-state index contributed by atoms with van der Waals surface area (Å²) in [5.41, 5.74) is 5.06. The van der Waals surface area contributed by atoms with Gasteiger partial charge < -0.3 is 5.32 Å². The number of rotatable bonds is 1. The van der Waals surface area contributed by atoms with E-state index < -0.39 is 0 Å². The molecule has 0 fully saturated rings. The molecule has 3 nitrogen and oxygen atoms in total. The maximum absolute atomic E-state index is 11.4. The minimum atomic E-state index is 0.0551. The number of hydrogen-bond donors (Lipinski definition) is 1. The van der Waals surface area contributed by atoms with Gasteiger partial charge in [-0.2, -0.15) is 0 Å². The molecule has 0 spiro atoms. The van der Waals surface area contributed by atoms with Gasteiger partial charge in [-0.1, -0.05) is 18.2 Å². The summed E-state index contributed by atoms with van der Waals surface area (Å²) in [6.45, 7) is 2.01. The molecule has 0 aliphatic carbocycles. The van der Waals surface area contributed by atoms with Gasteiger partial charge in [-0.05, 0) is 30.2 Å². The lowest BCUT2D eigenvalue weighted by atomic mass is 10.0. The van der Waals surface area contributed by atoms with E-state index in [1.54, 1.807) is 0 Å². The summed E-state index contributed by atoms with van der Waals surface area (Å²) in [6, 6.07) is 9.91. The smallest absolute Gasteiger partial charge is 0.228 e. The van der Waals surface area contributed by atoms with E-state index in [0.717, 1.165) is 28.1 Å². The first-order valence-electron chi connectivity index (χ1n) is 5.59. The second-order valence-corrected chi connectivity index (χ2v) is 4.28. The zero-order valence-corrected chi connectivity index (χ0v) is 9.53.